The van der Waals surface area contributed by atoms with E-state index in [0.717, 1.165) is 17.7 Å². The van der Waals surface area contributed by atoms with Gasteiger partial charge in [0.2, 0.25) is 5.82 Å². The Morgan fingerprint density at radius 2 is 2.00 bits per heavy atom. The zero-order valence-corrected chi connectivity index (χ0v) is 12.6. The molecule has 0 spiro atoms. The first kappa shape index (κ1) is 15.6. The van der Waals surface area contributed by atoms with Crippen molar-refractivity contribution in [3.63, 3.8) is 0 Å². The molecule has 0 saturated heterocycles. The van der Waals surface area contributed by atoms with Gasteiger partial charge in [0.15, 0.2) is 11.5 Å². The molecule has 8 heteroatoms. The van der Waals surface area contributed by atoms with Crippen molar-refractivity contribution in [2.24, 2.45) is 0 Å². The predicted molar refractivity (Wildman–Crippen MR) is 83.5 cm³/mol. The molecule has 3 aromatic rings. The molecule has 0 radical (unpaired) electrons. The van der Waals surface area contributed by atoms with Crippen LogP contribution in [0, 0.1) is 15.9 Å². The van der Waals surface area contributed by atoms with Crippen molar-refractivity contribution in [1.29, 1.82) is 0 Å². The average molecular weight is 329 g/mol. The number of nitro groups is 1. The zero-order valence-electron chi connectivity index (χ0n) is 12.6. The molecule has 0 N–H and O–H groups in total. The number of halogens is 1. The lowest BCUT2D eigenvalue weighted by atomic mass is 10.2. The first-order chi connectivity index (χ1) is 11.6. The third-order valence-corrected chi connectivity index (χ3v) is 3.40. The number of nitro benzene ring substituents is 1. The molecule has 1 aromatic heterocycles. The highest BCUT2D eigenvalue weighted by molar-refractivity contribution is 5.77. The standard InChI is InChI=1S/C16H12FN3O4/c1-23-14-7-11(17)13(20(21)22)8-15(14)24-9-10-3-2-4-12-16(10)19-6-5-18-12/h2-8H,9H2,1H3. The van der Waals surface area contributed by atoms with Crippen molar-refractivity contribution >= 4 is 16.7 Å². The number of rotatable bonds is 5. The molecule has 3 rings (SSSR count). The molecule has 1 heterocycles. The number of para-hydroxylation sites is 1. The van der Waals surface area contributed by atoms with Gasteiger partial charge in [-0.15, -0.1) is 0 Å². The van der Waals surface area contributed by atoms with Crippen LogP contribution in [0.1, 0.15) is 5.56 Å². The normalized spacial score (nSPS) is 10.6. The second kappa shape index (κ2) is 6.45. The number of hydrogen-bond donors (Lipinski definition) is 0. The van der Waals surface area contributed by atoms with Gasteiger partial charge < -0.3 is 9.47 Å². The van der Waals surface area contributed by atoms with Crippen LogP contribution in [-0.4, -0.2) is 22.0 Å². The van der Waals surface area contributed by atoms with Gasteiger partial charge in [-0.05, 0) is 6.07 Å². The summed E-state index contributed by atoms with van der Waals surface area (Å²) in [4.78, 5) is 18.5. The summed E-state index contributed by atoms with van der Waals surface area (Å²) in [5, 5.41) is 10.9. The number of methoxy groups -OCH3 is 1. The molecule has 0 fully saturated rings. The van der Waals surface area contributed by atoms with Gasteiger partial charge in [0.05, 0.1) is 29.1 Å². The fourth-order valence-electron chi connectivity index (χ4n) is 2.26. The molecule has 0 bridgehead atoms. The number of nitrogens with zero attached hydrogens (tertiary/aromatic N) is 3. The van der Waals surface area contributed by atoms with Crippen LogP contribution in [0.25, 0.3) is 11.0 Å². The summed E-state index contributed by atoms with van der Waals surface area (Å²) in [7, 11) is 1.33. The third kappa shape index (κ3) is 2.94. The van der Waals surface area contributed by atoms with Gasteiger partial charge in [0, 0.05) is 24.0 Å². The fraction of sp³-hybridized carbons (Fsp3) is 0.125. The molecule has 0 saturated carbocycles. The van der Waals surface area contributed by atoms with Crippen molar-refractivity contribution in [2.45, 2.75) is 6.61 Å². The van der Waals surface area contributed by atoms with Gasteiger partial charge in [-0.3, -0.25) is 20.1 Å². The van der Waals surface area contributed by atoms with Crippen molar-refractivity contribution in [1.82, 2.24) is 9.97 Å². The predicted octanol–water partition coefficient (Wildman–Crippen LogP) is 3.26. The Morgan fingerprint density at radius 3 is 2.75 bits per heavy atom. The molecule has 7 nitrogen and oxygen atoms in total. The van der Waals surface area contributed by atoms with E-state index in [2.05, 4.69) is 9.97 Å². The van der Waals surface area contributed by atoms with E-state index < -0.39 is 16.4 Å². The Morgan fingerprint density at radius 1 is 1.21 bits per heavy atom. The van der Waals surface area contributed by atoms with Crippen LogP contribution >= 0.6 is 0 Å². The van der Waals surface area contributed by atoms with Crippen LogP contribution in [0.4, 0.5) is 10.1 Å². The number of hydrogen-bond acceptors (Lipinski definition) is 6. The van der Waals surface area contributed by atoms with Crippen molar-refractivity contribution in [2.75, 3.05) is 7.11 Å². The lowest BCUT2D eigenvalue weighted by Gasteiger charge is -2.11. The molecule has 0 aliphatic carbocycles. The second-order valence-corrected chi connectivity index (χ2v) is 4.84. The van der Waals surface area contributed by atoms with Crippen LogP contribution in [0.2, 0.25) is 0 Å². The summed E-state index contributed by atoms with van der Waals surface area (Å²) in [6.07, 6.45) is 3.15. The van der Waals surface area contributed by atoms with E-state index in [0.29, 0.717) is 11.0 Å². The highest BCUT2D eigenvalue weighted by Gasteiger charge is 2.20. The van der Waals surface area contributed by atoms with E-state index in [9.17, 15) is 14.5 Å². The fourth-order valence-corrected chi connectivity index (χ4v) is 2.26. The van der Waals surface area contributed by atoms with E-state index >= 15 is 0 Å². The molecule has 0 atom stereocenters. The van der Waals surface area contributed by atoms with Gasteiger partial charge in [-0.2, -0.15) is 4.39 Å². The highest BCUT2D eigenvalue weighted by atomic mass is 19.1. The summed E-state index contributed by atoms with van der Waals surface area (Å²) >= 11 is 0. The maximum Gasteiger partial charge on any atom is 0.308 e. The second-order valence-electron chi connectivity index (χ2n) is 4.84. The van der Waals surface area contributed by atoms with Gasteiger partial charge in [-0.25, -0.2) is 0 Å². The van der Waals surface area contributed by atoms with Crippen LogP contribution < -0.4 is 9.47 Å². The lowest BCUT2D eigenvalue weighted by molar-refractivity contribution is -0.387. The van der Waals surface area contributed by atoms with E-state index in [1.807, 2.05) is 6.07 Å². The monoisotopic (exact) mass is 329 g/mol. The van der Waals surface area contributed by atoms with Crippen LogP contribution in [0.3, 0.4) is 0 Å². The molecule has 2 aromatic carbocycles. The maximum absolute atomic E-state index is 13.6. The Kier molecular flexibility index (Phi) is 4.19. The highest BCUT2D eigenvalue weighted by Crippen LogP contribution is 2.34. The molecule has 0 aliphatic rings. The summed E-state index contributed by atoms with van der Waals surface area (Å²) in [6, 6.07) is 7.36. The van der Waals surface area contributed by atoms with Gasteiger partial charge >= 0.3 is 5.69 Å². The molecule has 24 heavy (non-hydrogen) atoms. The number of ether oxygens (including phenoxy) is 2. The molecule has 0 amide bonds. The first-order valence-electron chi connectivity index (χ1n) is 6.93. The Balaban J connectivity index is 1.93. The Hall–Kier alpha value is -3.29. The molecule has 0 unspecified atom stereocenters. The SMILES string of the molecule is COc1cc(F)c([N+](=O)[O-])cc1OCc1cccc2nccnc12. The summed E-state index contributed by atoms with van der Waals surface area (Å²) in [5.74, 6) is -0.837. The molecule has 0 aliphatic heterocycles. The van der Waals surface area contributed by atoms with E-state index in [-0.39, 0.29) is 18.1 Å². The van der Waals surface area contributed by atoms with Gasteiger partial charge in [-0.1, -0.05) is 12.1 Å². The number of aromatic nitrogens is 2. The van der Waals surface area contributed by atoms with Crippen molar-refractivity contribution in [3.8, 4) is 11.5 Å². The first-order valence-corrected chi connectivity index (χ1v) is 6.93. The van der Waals surface area contributed by atoms with Crippen molar-refractivity contribution in [3.05, 3.63) is 64.2 Å². The van der Waals surface area contributed by atoms with E-state index in [1.54, 1.807) is 24.5 Å². The van der Waals surface area contributed by atoms with Crippen LogP contribution in [0.15, 0.2) is 42.7 Å². The minimum Gasteiger partial charge on any atom is -0.493 e. The molecular formula is C16H12FN3O4. The summed E-state index contributed by atoms with van der Waals surface area (Å²) in [6.45, 7) is 0.0786. The Bertz CT molecular complexity index is 912. The van der Waals surface area contributed by atoms with Crippen LogP contribution in [0.5, 0.6) is 11.5 Å². The molecular weight excluding hydrogens is 317 g/mol. The number of benzene rings is 2. The quantitative estimate of drug-likeness (QED) is 0.527. The summed E-state index contributed by atoms with van der Waals surface area (Å²) in [5.41, 5.74) is 1.43. The summed E-state index contributed by atoms with van der Waals surface area (Å²) < 4.78 is 24.3. The van der Waals surface area contributed by atoms with Gasteiger partial charge in [0.1, 0.15) is 6.61 Å². The topological polar surface area (TPSA) is 87.4 Å². The largest absolute Gasteiger partial charge is 0.493 e. The Labute approximate surface area is 135 Å². The third-order valence-electron chi connectivity index (χ3n) is 3.40. The minimum absolute atomic E-state index is 0.0735. The van der Waals surface area contributed by atoms with E-state index in [4.69, 9.17) is 9.47 Å². The van der Waals surface area contributed by atoms with Gasteiger partial charge in [0.25, 0.3) is 0 Å². The van der Waals surface area contributed by atoms with E-state index in [1.165, 1.54) is 7.11 Å². The lowest BCUT2D eigenvalue weighted by Crippen LogP contribution is -2.02. The minimum atomic E-state index is -0.986. The van der Waals surface area contributed by atoms with Crippen LogP contribution in [-0.2, 0) is 6.61 Å². The molecule has 122 valence electrons. The zero-order chi connectivity index (χ0) is 17.1. The smallest absolute Gasteiger partial charge is 0.308 e. The van der Waals surface area contributed by atoms with Crippen molar-refractivity contribution < 1.29 is 18.8 Å². The number of fused-ring (bicyclic) bond motifs is 1. The average Bonchev–Trinajstić information content (AvgIpc) is 2.60. The maximum atomic E-state index is 13.6.